The number of unbranched alkanes of at least 4 members (excludes halogenated alkanes) is 5. The van der Waals surface area contributed by atoms with Gasteiger partial charge in [0.25, 0.3) is 11.5 Å². The van der Waals surface area contributed by atoms with Gasteiger partial charge in [0.15, 0.2) is 0 Å². The van der Waals surface area contributed by atoms with Crippen molar-refractivity contribution in [2.75, 3.05) is 89.3 Å². The molecule has 15 heteroatoms. The molecule has 4 aromatic rings. The summed E-state index contributed by atoms with van der Waals surface area (Å²) in [6.45, 7) is 12.0. The molecule has 1 aromatic heterocycles. The molecule has 2 N–H and O–H groups in total. The SMILES string of the molecule is Cc1cccc(F)c1CN1CC(c2ccc(N3CCN(CCCCCCCCNC(=O)C4CCN(c5ccc6nnn(C7CCC(=O)NC7=O)c(=O)c6c5)CC4)CC3)cc2)[C@@H](N(C)C)C1. The van der Waals surface area contributed by atoms with E-state index in [1.54, 1.807) is 24.3 Å². The van der Waals surface area contributed by atoms with Crippen LogP contribution < -0.4 is 26.0 Å². The molecular weight excluding hydrogens is 824 g/mol. The molecule has 0 radical (unpaired) electrons. The molecule has 0 aliphatic carbocycles. The van der Waals surface area contributed by atoms with Crippen molar-refractivity contribution in [3.63, 3.8) is 0 Å². The van der Waals surface area contributed by atoms with Crippen molar-refractivity contribution in [2.24, 2.45) is 5.92 Å². The number of hydrogen-bond acceptors (Lipinski definition) is 11. The second-order valence-electron chi connectivity index (χ2n) is 19.0. The van der Waals surface area contributed by atoms with Crippen LogP contribution in [0.15, 0.2) is 65.5 Å². The lowest BCUT2D eigenvalue weighted by molar-refractivity contribution is -0.136. The first-order valence-electron chi connectivity index (χ1n) is 24.0. The quantitative estimate of drug-likeness (QED) is 0.106. The predicted molar refractivity (Wildman–Crippen MR) is 253 cm³/mol. The molecule has 4 fully saturated rings. The third-order valence-corrected chi connectivity index (χ3v) is 14.4. The number of rotatable bonds is 17. The van der Waals surface area contributed by atoms with E-state index in [9.17, 15) is 23.6 Å². The number of piperazine rings is 1. The van der Waals surface area contributed by atoms with Gasteiger partial charge in [-0.25, -0.2) is 4.39 Å². The number of carbonyl (C=O) groups excluding carboxylic acids is 3. The van der Waals surface area contributed by atoms with Crippen LogP contribution in [0.5, 0.6) is 0 Å². The lowest BCUT2D eigenvalue weighted by atomic mass is 9.93. The number of likely N-dealkylation sites (N-methyl/N-ethyl adjacent to an activating group) is 1. The Morgan fingerprint density at radius 1 is 0.815 bits per heavy atom. The molecule has 0 bridgehead atoms. The lowest BCUT2D eigenvalue weighted by Crippen LogP contribution is -2.46. The van der Waals surface area contributed by atoms with Gasteiger partial charge in [0.1, 0.15) is 17.4 Å². The number of hydrogen-bond donors (Lipinski definition) is 2. The summed E-state index contributed by atoms with van der Waals surface area (Å²) in [5.41, 5.74) is 5.40. The van der Waals surface area contributed by atoms with Gasteiger partial charge < -0.3 is 20.0 Å². The van der Waals surface area contributed by atoms with Gasteiger partial charge in [-0.2, -0.15) is 4.68 Å². The molecule has 2 unspecified atom stereocenters. The molecule has 4 aliphatic heterocycles. The number of amides is 3. The number of aromatic nitrogens is 3. The molecule has 3 amide bonds. The molecule has 0 saturated carbocycles. The van der Waals surface area contributed by atoms with E-state index >= 15 is 0 Å². The van der Waals surface area contributed by atoms with E-state index in [2.05, 4.69) is 83.8 Å². The number of benzene rings is 3. The van der Waals surface area contributed by atoms with Gasteiger partial charge in [-0.15, -0.1) is 5.10 Å². The summed E-state index contributed by atoms with van der Waals surface area (Å²) in [6, 6.07) is 19.6. The van der Waals surface area contributed by atoms with Gasteiger partial charge >= 0.3 is 0 Å². The van der Waals surface area contributed by atoms with Gasteiger partial charge in [0.05, 0.1) is 5.39 Å². The molecule has 348 valence electrons. The number of nitrogens with one attached hydrogen (secondary N) is 2. The molecule has 4 aliphatic rings. The van der Waals surface area contributed by atoms with Crippen LogP contribution in [0, 0.1) is 18.7 Å². The number of carbonyl (C=O) groups is 3. The molecule has 3 aromatic carbocycles. The van der Waals surface area contributed by atoms with Crippen LogP contribution in [-0.4, -0.2) is 133 Å². The fourth-order valence-corrected chi connectivity index (χ4v) is 10.4. The molecule has 5 heterocycles. The van der Waals surface area contributed by atoms with Gasteiger partial charge in [0, 0.05) is 107 Å². The zero-order chi connectivity index (χ0) is 45.5. The number of fused-ring (bicyclic) bond motifs is 1. The largest absolute Gasteiger partial charge is 0.371 e. The Morgan fingerprint density at radius 3 is 2.25 bits per heavy atom. The lowest BCUT2D eigenvalue weighted by Gasteiger charge is -2.36. The van der Waals surface area contributed by atoms with Crippen molar-refractivity contribution < 1.29 is 18.8 Å². The van der Waals surface area contributed by atoms with E-state index in [1.165, 1.54) is 36.9 Å². The van der Waals surface area contributed by atoms with Gasteiger partial charge in [-0.1, -0.05) is 55.2 Å². The standard InChI is InChI=1S/C50H67FN10O4/c1-35-11-10-12-43(51)41(35)32-58-33-42(46(34-58)56(2)3)36-13-15-38(16-14-36)60-29-27-57(28-30-60)24-9-7-5-4-6-8-23-52-48(63)37-21-25-59(26-22-37)39-17-18-44-40(31-39)50(65)61(55-54-44)45-19-20-47(62)53-49(45)64/h10-18,31,37,42,45-46H,4-9,19-30,32-34H2,1-3H3,(H,52,63)(H,53,62,64)/t42?,45?,46-/m0/s1. The highest BCUT2D eigenvalue weighted by Gasteiger charge is 2.36. The van der Waals surface area contributed by atoms with Crippen LogP contribution in [-0.2, 0) is 20.9 Å². The van der Waals surface area contributed by atoms with E-state index in [0.717, 1.165) is 93.0 Å². The molecule has 4 saturated heterocycles. The van der Waals surface area contributed by atoms with Crippen LogP contribution in [0.2, 0.25) is 0 Å². The molecule has 8 rings (SSSR count). The molecule has 3 atom stereocenters. The number of piperidine rings is 2. The summed E-state index contributed by atoms with van der Waals surface area (Å²) in [4.78, 5) is 62.4. The normalized spacial score (nSPS) is 21.4. The minimum Gasteiger partial charge on any atom is -0.371 e. The van der Waals surface area contributed by atoms with Crippen molar-refractivity contribution in [1.29, 1.82) is 0 Å². The van der Waals surface area contributed by atoms with Gasteiger partial charge in [-0.3, -0.25) is 34.3 Å². The molecule has 14 nitrogen and oxygen atoms in total. The highest BCUT2D eigenvalue weighted by atomic mass is 19.1. The van der Waals surface area contributed by atoms with E-state index in [4.69, 9.17) is 0 Å². The maximum Gasteiger partial charge on any atom is 0.278 e. The van der Waals surface area contributed by atoms with Crippen LogP contribution in [0.4, 0.5) is 15.8 Å². The Hall–Kier alpha value is -5.25. The zero-order valence-electron chi connectivity index (χ0n) is 38.5. The fourth-order valence-electron chi connectivity index (χ4n) is 10.4. The monoisotopic (exact) mass is 891 g/mol. The maximum absolute atomic E-state index is 14.7. The van der Waals surface area contributed by atoms with Crippen molar-refractivity contribution in [1.82, 2.24) is 40.3 Å². The number of likely N-dealkylation sites (tertiary alicyclic amines) is 1. The average molecular weight is 891 g/mol. The molecule has 0 spiro atoms. The van der Waals surface area contributed by atoms with E-state index in [-0.39, 0.29) is 36.4 Å². The van der Waals surface area contributed by atoms with E-state index in [1.807, 2.05) is 19.1 Å². The second-order valence-corrected chi connectivity index (χ2v) is 19.0. The minimum absolute atomic E-state index is 0.0283. The second kappa shape index (κ2) is 21.4. The van der Waals surface area contributed by atoms with Crippen molar-refractivity contribution in [2.45, 2.75) is 95.7 Å². The maximum atomic E-state index is 14.7. The van der Waals surface area contributed by atoms with Crippen molar-refractivity contribution >= 4 is 40.0 Å². The number of imide groups is 1. The van der Waals surface area contributed by atoms with E-state index < -0.39 is 17.5 Å². The predicted octanol–water partition coefficient (Wildman–Crippen LogP) is 5.24. The summed E-state index contributed by atoms with van der Waals surface area (Å²) >= 11 is 0. The summed E-state index contributed by atoms with van der Waals surface area (Å²) in [7, 11) is 4.32. The summed E-state index contributed by atoms with van der Waals surface area (Å²) in [5, 5.41) is 14.0. The number of anilines is 2. The van der Waals surface area contributed by atoms with Crippen molar-refractivity contribution in [3.8, 4) is 0 Å². The van der Waals surface area contributed by atoms with E-state index in [0.29, 0.717) is 49.0 Å². The minimum atomic E-state index is -0.865. The molecule has 65 heavy (non-hydrogen) atoms. The summed E-state index contributed by atoms with van der Waals surface area (Å²) < 4.78 is 15.7. The first-order chi connectivity index (χ1) is 31.5. The Labute approximate surface area is 382 Å². The van der Waals surface area contributed by atoms with Crippen molar-refractivity contribution in [3.05, 3.63) is 93.5 Å². The van der Waals surface area contributed by atoms with Crippen LogP contribution in [0.25, 0.3) is 10.9 Å². The zero-order valence-corrected chi connectivity index (χ0v) is 38.5. The topological polar surface area (TPSA) is 139 Å². The van der Waals surface area contributed by atoms with Crippen LogP contribution in [0.1, 0.15) is 92.9 Å². The third kappa shape index (κ3) is 11.2. The Balaban J connectivity index is 0.677. The Bertz CT molecular complexity index is 2320. The first-order valence-corrected chi connectivity index (χ1v) is 24.0. The highest BCUT2D eigenvalue weighted by Crippen LogP contribution is 2.33. The third-order valence-electron chi connectivity index (χ3n) is 14.4. The highest BCUT2D eigenvalue weighted by molar-refractivity contribution is 5.99. The Kier molecular flexibility index (Phi) is 15.2. The number of aryl methyl sites for hydroxylation is 1. The summed E-state index contributed by atoms with van der Waals surface area (Å²) in [6.07, 6.45) is 8.81. The van der Waals surface area contributed by atoms with Gasteiger partial charge in [-0.05, 0) is 107 Å². The van der Waals surface area contributed by atoms with Crippen LogP contribution >= 0.6 is 0 Å². The fraction of sp³-hybridized carbons (Fsp3) is 0.560. The summed E-state index contributed by atoms with van der Waals surface area (Å²) in [5.74, 6) is -0.512. The number of nitrogens with zero attached hydrogens (tertiary/aromatic N) is 8. The smallest absolute Gasteiger partial charge is 0.278 e. The molecular formula is C50H67FN10O4. The Morgan fingerprint density at radius 2 is 1.52 bits per heavy atom. The average Bonchev–Trinajstić information content (AvgIpc) is 3.75. The van der Waals surface area contributed by atoms with Gasteiger partial charge in [0.2, 0.25) is 11.8 Å². The first kappa shape index (κ1) is 46.3. The number of halogens is 1. The van der Waals surface area contributed by atoms with Crippen LogP contribution in [0.3, 0.4) is 0 Å².